The van der Waals surface area contributed by atoms with Crippen LogP contribution in [0.3, 0.4) is 0 Å². The van der Waals surface area contributed by atoms with E-state index in [1.807, 2.05) is 26.1 Å². The van der Waals surface area contributed by atoms with Gasteiger partial charge >= 0.3 is 5.97 Å². The van der Waals surface area contributed by atoms with Gasteiger partial charge in [0.25, 0.3) is 0 Å². The molecular formula is C15H23NO3. The molecule has 1 unspecified atom stereocenters. The molecule has 0 saturated carbocycles. The van der Waals surface area contributed by atoms with Crippen LogP contribution in [0.1, 0.15) is 38.3 Å². The molecule has 0 spiro atoms. The second-order valence-electron chi connectivity index (χ2n) is 4.66. The molecule has 0 aliphatic heterocycles. The molecule has 0 aliphatic carbocycles. The Kier molecular flexibility index (Phi) is 6.36. The first-order valence-corrected chi connectivity index (χ1v) is 6.69. The van der Waals surface area contributed by atoms with Gasteiger partial charge in [0, 0.05) is 12.5 Å². The number of rotatable bonds is 8. The van der Waals surface area contributed by atoms with Gasteiger partial charge in [0.05, 0.1) is 6.61 Å². The third-order valence-electron chi connectivity index (χ3n) is 3.24. The van der Waals surface area contributed by atoms with Crippen molar-refractivity contribution in [2.45, 2.75) is 32.7 Å². The van der Waals surface area contributed by atoms with Crippen molar-refractivity contribution in [1.82, 2.24) is 4.90 Å². The number of aliphatic carboxylic acids is 1. The molecule has 4 nitrogen and oxygen atoms in total. The normalized spacial score (nSPS) is 12.4. The summed E-state index contributed by atoms with van der Waals surface area (Å²) in [5.41, 5.74) is 1.21. The molecule has 106 valence electrons. The summed E-state index contributed by atoms with van der Waals surface area (Å²) >= 11 is 0. The summed E-state index contributed by atoms with van der Waals surface area (Å²) in [4.78, 5) is 12.7. The van der Waals surface area contributed by atoms with Crippen LogP contribution < -0.4 is 4.74 Å². The molecule has 0 radical (unpaired) electrons. The Morgan fingerprint density at radius 1 is 1.37 bits per heavy atom. The van der Waals surface area contributed by atoms with Crippen molar-refractivity contribution >= 4 is 5.97 Å². The molecule has 0 aromatic heterocycles. The highest BCUT2D eigenvalue weighted by Gasteiger charge is 2.11. The lowest BCUT2D eigenvalue weighted by molar-refractivity contribution is -0.137. The molecule has 19 heavy (non-hydrogen) atoms. The molecule has 0 heterocycles. The Morgan fingerprint density at radius 2 is 2.00 bits per heavy atom. The Morgan fingerprint density at radius 3 is 2.53 bits per heavy atom. The van der Waals surface area contributed by atoms with Gasteiger partial charge in [-0.25, -0.2) is 0 Å². The predicted octanol–water partition coefficient (Wildman–Crippen LogP) is 2.94. The summed E-state index contributed by atoms with van der Waals surface area (Å²) < 4.78 is 5.41. The van der Waals surface area contributed by atoms with E-state index in [-0.39, 0.29) is 12.5 Å². The standard InChI is InChI=1S/C15H23NO3/c1-4-19-14-9-7-13(8-10-14)12(2)16(3)11-5-6-15(17)18/h7-10,12H,4-6,11H2,1-3H3,(H,17,18). The zero-order valence-corrected chi connectivity index (χ0v) is 11.9. The lowest BCUT2D eigenvalue weighted by atomic mass is 10.1. The molecule has 4 heteroatoms. The van der Waals surface area contributed by atoms with Gasteiger partial charge in [0.1, 0.15) is 5.75 Å². The molecule has 0 bridgehead atoms. The van der Waals surface area contributed by atoms with Crippen molar-refractivity contribution in [3.8, 4) is 5.75 Å². The van der Waals surface area contributed by atoms with Crippen LogP contribution in [0.4, 0.5) is 0 Å². The lowest BCUT2D eigenvalue weighted by Crippen LogP contribution is -2.24. The van der Waals surface area contributed by atoms with Crippen molar-refractivity contribution in [2.24, 2.45) is 0 Å². The molecule has 1 rings (SSSR count). The topological polar surface area (TPSA) is 49.8 Å². The molecule has 0 amide bonds. The lowest BCUT2D eigenvalue weighted by Gasteiger charge is -2.25. The van der Waals surface area contributed by atoms with Crippen molar-refractivity contribution in [3.05, 3.63) is 29.8 Å². The van der Waals surface area contributed by atoms with Crippen molar-refractivity contribution in [3.63, 3.8) is 0 Å². The van der Waals surface area contributed by atoms with Crippen molar-refractivity contribution in [2.75, 3.05) is 20.2 Å². The monoisotopic (exact) mass is 265 g/mol. The number of nitrogens with zero attached hydrogens (tertiary/aromatic N) is 1. The maximum absolute atomic E-state index is 10.5. The zero-order valence-electron chi connectivity index (χ0n) is 11.9. The number of ether oxygens (including phenoxy) is 1. The van der Waals surface area contributed by atoms with Crippen LogP contribution in [0, 0.1) is 0 Å². The molecule has 1 atom stereocenters. The van der Waals surface area contributed by atoms with Gasteiger partial charge in [-0.1, -0.05) is 12.1 Å². The highest BCUT2D eigenvalue weighted by Crippen LogP contribution is 2.21. The molecule has 0 aliphatic rings. The highest BCUT2D eigenvalue weighted by molar-refractivity contribution is 5.66. The van der Waals surface area contributed by atoms with E-state index in [9.17, 15) is 4.79 Å². The van der Waals surface area contributed by atoms with Crippen molar-refractivity contribution in [1.29, 1.82) is 0 Å². The smallest absolute Gasteiger partial charge is 0.303 e. The second kappa shape index (κ2) is 7.79. The Hall–Kier alpha value is -1.55. The van der Waals surface area contributed by atoms with E-state index >= 15 is 0 Å². The Balaban J connectivity index is 2.51. The maximum atomic E-state index is 10.5. The Bertz CT molecular complexity index is 389. The van der Waals surface area contributed by atoms with E-state index in [2.05, 4.69) is 24.0 Å². The van der Waals surface area contributed by atoms with E-state index in [1.54, 1.807) is 0 Å². The van der Waals surface area contributed by atoms with Gasteiger partial charge < -0.3 is 9.84 Å². The molecule has 1 aromatic rings. The number of benzene rings is 1. The summed E-state index contributed by atoms with van der Waals surface area (Å²) in [6, 6.07) is 8.33. The second-order valence-corrected chi connectivity index (χ2v) is 4.66. The van der Waals surface area contributed by atoms with Gasteiger partial charge in [0.15, 0.2) is 0 Å². The molecular weight excluding hydrogens is 242 g/mol. The minimum Gasteiger partial charge on any atom is -0.494 e. The summed E-state index contributed by atoms with van der Waals surface area (Å²) in [7, 11) is 2.02. The van der Waals surface area contributed by atoms with Crippen LogP contribution in [-0.4, -0.2) is 36.2 Å². The van der Waals surface area contributed by atoms with Crippen LogP contribution in [0.2, 0.25) is 0 Å². The van der Waals surface area contributed by atoms with E-state index in [0.717, 1.165) is 12.3 Å². The van der Waals surface area contributed by atoms with Gasteiger partial charge in [-0.2, -0.15) is 0 Å². The number of carboxylic acid groups (broad SMARTS) is 1. The van der Waals surface area contributed by atoms with Gasteiger partial charge in [-0.15, -0.1) is 0 Å². The zero-order chi connectivity index (χ0) is 14.3. The SMILES string of the molecule is CCOc1ccc(C(C)N(C)CCCC(=O)O)cc1. The molecule has 1 aromatic carbocycles. The Labute approximate surface area is 115 Å². The fourth-order valence-electron chi connectivity index (χ4n) is 1.94. The number of hydrogen-bond donors (Lipinski definition) is 1. The average Bonchev–Trinajstić information content (AvgIpc) is 2.38. The van der Waals surface area contributed by atoms with E-state index < -0.39 is 5.97 Å². The third kappa shape index (κ3) is 5.30. The van der Waals surface area contributed by atoms with Gasteiger partial charge in [-0.05, 0) is 51.6 Å². The predicted molar refractivity (Wildman–Crippen MR) is 75.5 cm³/mol. The fourth-order valence-corrected chi connectivity index (χ4v) is 1.94. The van der Waals surface area contributed by atoms with Crippen LogP contribution >= 0.6 is 0 Å². The first-order valence-electron chi connectivity index (χ1n) is 6.69. The summed E-state index contributed by atoms with van der Waals surface area (Å²) in [6.45, 7) is 5.54. The highest BCUT2D eigenvalue weighted by atomic mass is 16.5. The minimum absolute atomic E-state index is 0.223. The van der Waals surface area contributed by atoms with Gasteiger partial charge in [-0.3, -0.25) is 9.69 Å². The van der Waals surface area contributed by atoms with Crippen molar-refractivity contribution < 1.29 is 14.6 Å². The van der Waals surface area contributed by atoms with Gasteiger partial charge in [0.2, 0.25) is 0 Å². The third-order valence-corrected chi connectivity index (χ3v) is 3.24. The largest absolute Gasteiger partial charge is 0.494 e. The summed E-state index contributed by atoms with van der Waals surface area (Å²) in [6.07, 6.45) is 0.896. The summed E-state index contributed by atoms with van der Waals surface area (Å²) in [5, 5.41) is 8.63. The average molecular weight is 265 g/mol. The van der Waals surface area contributed by atoms with Crippen LogP contribution in [0.5, 0.6) is 5.75 Å². The fraction of sp³-hybridized carbons (Fsp3) is 0.533. The first kappa shape index (κ1) is 15.5. The maximum Gasteiger partial charge on any atom is 0.303 e. The minimum atomic E-state index is -0.734. The van der Waals surface area contributed by atoms with Crippen LogP contribution in [0.15, 0.2) is 24.3 Å². The summed E-state index contributed by atoms with van der Waals surface area (Å²) in [5.74, 6) is 0.147. The quantitative estimate of drug-likeness (QED) is 0.785. The number of hydrogen-bond acceptors (Lipinski definition) is 3. The molecule has 0 saturated heterocycles. The van der Waals surface area contributed by atoms with E-state index in [1.165, 1.54) is 5.56 Å². The van der Waals surface area contributed by atoms with E-state index in [4.69, 9.17) is 9.84 Å². The number of carboxylic acids is 1. The number of carbonyl (C=O) groups is 1. The molecule has 0 fully saturated rings. The first-order chi connectivity index (χ1) is 9.04. The van der Waals surface area contributed by atoms with Crippen LogP contribution in [-0.2, 0) is 4.79 Å². The van der Waals surface area contributed by atoms with Crippen LogP contribution in [0.25, 0.3) is 0 Å². The molecule has 1 N–H and O–H groups in total. The van der Waals surface area contributed by atoms with E-state index in [0.29, 0.717) is 13.0 Å².